The second kappa shape index (κ2) is 17.8. The highest BCUT2D eigenvalue weighted by atomic mass is 15.4. The van der Waals surface area contributed by atoms with Crippen LogP contribution >= 0.6 is 0 Å². The Labute approximate surface area is 273 Å². The van der Waals surface area contributed by atoms with Crippen molar-refractivity contribution in [1.82, 2.24) is 29.4 Å². The maximum absolute atomic E-state index is 2.97. The van der Waals surface area contributed by atoms with Crippen LogP contribution in [0.4, 0.5) is 0 Å². The molecule has 4 saturated carbocycles. The van der Waals surface area contributed by atoms with Crippen LogP contribution in [0.1, 0.15) is 135 Å². The van der Waals surface area contributed by atoms with Crippen LogP contribution in [0.5, 0.6) is 0 Å². The Bertz CT molecular complexity index is 660. The largest absolute Gasteiger partial charge is 0.298 e. The summed E-state index contributed by atoms with van der Waals surface area (Å²) in [7, 11) is 0. The summed E-state index contributed by atoms with van der Waals surface area (Å²) in [6, 6.07) is 3.35. The Morgan fingerprint density at radius 1 is 0.295 bits per heavy atom. The van der Waals surface area contributed by atoms with E-state index in [1.807, 2.05) is 0 Å². The quantitative estimate of drug-likeness (QED) is 0.339. The molecule has 2 heterocycles. The van der Waals surface area contributed by atoms with E-state index in [1.54, 1.807) is 0 Å². The number of nitrogens with zero attached hydrogens (tertiary/aromatic N) is 6. The van der Waals surface area contributed by atoms with Crippen LogP contribution < -0.4 is 0 Å². The van der Waals surface area contributed by atoms with Gasteiger partial charge in [-0.25, -0.2) is 0 Å². The van der Waals surface area contributed by atoms with Gasteiger partial charge in [0.05, 0.1) is 6.17 Å². The molecule has 0 amide bonds. The SMILES string of the molecule is CC(N1CCN(C2CCCCC2)CCN(C2CCCCC2)CC1)N1CCN(C2CCCCC2)CCN(C2CCCCC2)CC1. The molecule has 4 aliphatic carbocycles. The molecule has 0 aromatic carbocycles. The zero-order chi connectivity index (χ0) is 30.0. The standard InChI is InChI=1S/C38H72N6/c1-34(39-22-26-41(35-14-6-2-7-15-35)30-31-42(27-23-39)36-16-8-3-9-17-36)40-24-28-43(37-18-10-4-11-19-37)32-33-44(29-25-40)38-20-12-5-13-21-38/h34-38H,2-33H2,1H3. The molecule has 0 atom stereocenters. The lowest BCUT2D eigenvalue weighted by molar-refractivity contribution is 0.0282. The van der Waals surface area contributed by atoms with Gasteiger partial charge < -0.3 is 0 Å². The third-order valence-electron chi connectivity index (χ3n) is 13.5. The lowest BCUT2D eigenvalue weighted by atomic mass is 9.93. The van der Waals surface area contributed by atoms with Crippen molar-refractivity contribution in [1.29, 1.82) is 0 Å². The number of hydrogen-bond acceptors (Lipinski definition) is 6. The van der Waals surface area contributed by atoms with Gasteiger partial charge in [-0.1, -0.05) is 77.0 Å². The molecule has 6 aliphatic rings. The topological polar surface area (TPSA) is 19.4 Å². The average Bonchev–Trinajstić information content (AvgIpc) is 3.28. The van der Waals surface area contributed by atoms with E-state index in [1.165, 1.54) is 207 Å². The van der Waals surface area contributed by atoms with Crippen molar-refractivity contribution in [3.8, 4) is 0 Å². The maximum atomic E-state index is 2.97. The Morgan fingerprint density at radius 3 is 0.727 bits per heavy atom. The first-order chi connectivity index (χ1) is 21.7. The van der Waals surface area contributed by atoms with Crippen molar-refractivity contribution in [3.63, 3.8) is 0 Å². The molecule has 2 saturated heterocycles. The van der Waals surface area contributed by atoms with Gasteiger partial charge in [0.15, 0.2) is 0 Å². The molecular weight excluding hydrogens is 540 g/mol. The van der Waals surface area contributed by atoms with Crippen molar-refractivity contribution in [3.05, 3.63) is 0 Å². The fourth-order valence-corrected chi connectivity index (χ4v) is 10.4. The molecular formula is C38H72N6. The van der Waals surface area contributed by atoms with Gasteiger partial charge in [0.25, 0.3) is 0 Å². The van der Waals surface area contributed by atoms with Crippen LogP contribution in [0.25, 0.3) is 0 Å². The van der Waals surface area contributed by atoms with E-state index >= 15 is 0 Å². The maximum Gasteiger partial charge on any atom is 0.0595 e. The minimum absolute atomic E-state index is 0.536. The predicted octanol–water partition coefficient (Wildman–Crippen LogP) is 6.50. The summed E-state index contributed by atoms with van der Waals surface area (Å²) < 4.78 is 0. The lowest BCUT2D eigenvalue weighted by Gasteiger charge is -2.41. The summed E-state index contributed by atoms with van der Waals surface area (Å²) >= 11 is 0. The molecule has 0 N–H and O–H groups in total. The third kappa shape index (κ3) is 9.43. The van der Waals surface area contributed by atoms with Gasteiger partial charge in [-0.3, -0.25) is 29.4 Å². The molecule has 2 aliphatic heterocycles. The van der Waals surface area contributed by atoms with Crippen LogP contribution in [0.15, 0.2) is 0 Å². The van der Waals surface area contributed by atoms with Crippen LogP contribution in [0, 0.1) is 0 Å². The molecule has 0 unspecified atom stereocenters. The van der Waals surface area contributed by atoms with Crippen molar-refractivity contribution in [2.45, 2.75) is 166 Å². The summed E-state index contributed by atoms with van der Waals surface area (Å²) in [5.41, 5.74) is 0. The van der Waals surface area contributed by atoms with Crippen LogP contribution in [-0.4, -0.2) is 138 Å². The molecule has 254 valence electrons. The highest BCUT2D eigenvalue weighted by Gasteiger charge is 2.32. The highest BCUT2D eigenvalue weighted by molar-refractivity contribution is 4.87. The van der Waals surface area contributed by atoms with Gasteiger partial charge >= 0.3 is 0 Å². The Morgan fingerprint density at radius 2 is 0.500 bits per heavy atom. The van der Waals surface area contributed by atoms with E-state index in [0.717, 1.165) is 24.2 Å². The van der Waals surface area contributed by atoms with E-state index in [0.29, 0.717) is 6.17 Å². The van der Waals surface area contributed by atoms with Gasteiger partial charge in [0.2, 0.25) is 0 Å². The summed E-state index contributed by atoms with van der Waals surface area (Å²) in [5.74, 6) is 0. The Balaban J connectivity index is 1.16. The summed E-state index contributed by atoms with van der Waals surface area (Å²) in [6.07, 6.45) is 29.6. The van der Waals surface area contributed by atoms with Gasteiger partial charge in [0, 0.05) is 103 Å². The Kier molecular flexibility index (Phi) is 13.6. The van der Waals surface area contributed by atoms with Gasteiger partial charge in [-0.2, -0.15) is 0 Å². The zero-order valence-electron chi connectivity index (χ0n) is 29.2. The summed E-state index contributed by atoms with van der Waals surface area (Å²) in [6.45, 7) is 18.0. The first kappa shape index (κ1) is 33.7. The summed E-state index contributed by atoms with van der Waals surface area (Å²) in [5, 5.41) is 0. The van der Waals surface area contributed by atoms with Crippen molar-refractivity contribution in [2.75, 3.05) is 78.5 Å². The normalized spacial score (nSPS) is 30.4. The molecule has 44 heavy (non-hydrogen) atoms. The minimum atomic E-state index is 0.536. The van der Waals surface area contributed by atoms with Gasteiger partial charge in [-0.15, -0.1) is 0 Å². The smallest absolute Gasteiger partial charge is 0.0595 e. The summed E-state index contributed by atoms with van der Waals surface area (Å²) in [4.78, 5) is 17.8. The lowest BCUT2D eigenvalue weighted by Crippen LogP contribution is -2.54. The van der Waals surface area contributed by atoms with E-state index in [9.17, 15) is 0 Å². The van der Waals surface area contributed by atoms with Crippen molar-refractivity contribution in [2.24, 2.45) is 0 Å². The first-order valence-electron chi connectivity index (χ1n) is 20.2. The van der Waals surface area contributed by atoms with Crippen molar-refractivity contribution >= 4 is 0 Å². The monoisotopic (exact) mass is 613 g/mol. The number of hydrogen-bond donors (Lipinski definition) is 0. The molecule has 6 heteroatoms. The second-order valence-corrected chi connectivity index (χ2v) is 16.0. The molecule has 0 aromatic rings. The van der Waals surface area contributed by atoms with E-state index < -0.39 is 0 Å². The molecule has 6 fully saturated rings. The molecule has 0 spiro atoms. The molecule has 0 aromatic heterocycles. The van der Waals surface area contributed by atoms with Crippen LogP contribution in [0.3, 0.4) is 0 Å². The minimum Gasteiger partial charge on any atom is -0.298 e. The van der Waals surface area contributed by atoms with Gasteiger partial charge in [0.1, 0.15) is 0 Å². The third-order valence-corrected chi connectivity index (χ3v) is 13.5. The predicted molar refractivity (Wildman–Crippen MR) is 186 cm³/mol. The fourth-order valence-electron chi connectivity index (χ4n) is 10.4. The Hall–Kier alpha value is -0.240. The van der Waals surface area contributed by atoms with Crippen molar-refractivity contribution < 1.29 is 0 Å². The zero-order valence-corrected chi connectivity index (χ0v) is 29.2. The number of rotatable bonds is 6. The molecule has 6 nitrogen and oxygen atoms in total. The second-order valence-electron chi connectivity index (χ2n) is 16.0. The fraction of sp³-hybridized carbons (Fsp3) is 1.00. The van der Waals surface area contributed by atoms with Crippen LogP contribution in [-0.2, 0) is 0 Å². The molecule has 0 bridgehead atoms. The van der Waals surface area contributed by atoms with E-state index in [2.05, 4.69) is 36.3 Å². The molecule has 0 radical (unpaired) electrons. The molecule has 6 rings (SSSR count). The van der Waals surface area contributed by atoms with Crippen LogP contribution in [0.2, 0.25) is 0 Å². The first-order valence-corrected chi connectivity index (χ1v) is 20.2. The van der Waals surface area contributed by atoms with E-state index in [-0.39, 0.29) is 0 Å². The van der Waals surface area contributed by atoms with E-state index in [4.69, 9.17) is 0 Å². The average molecular weight is 613 g/mol. The highest BCUT2D eigenvalue weighted by Crippen LogP contribution is 2.28. The van der Waals surface area contributed by atoms with Gasteiger partial charge in [-0.05, 0) is 58.3 Å².